The van der Waals surface area contributed by atoms with Gasteiger partial charge in [-0.05, 0) is 24.6 Å². The number of carbonyl (C=O) groups is 3. The number of rotatable bonds is 5. The number of amides is 3. The third-order valence-electron chi connectivity index (χ3n) is 2.61. The van der Waals surface area contributed by atoms with E-state index in [-0.39, 0.29) is 18.0 Å². The zero-order valence-corrected chi connectivity index (χ0v) is 11.3. The third-order valence-corrected chi connectivity index (χ3v) is 2.61. The summed E-state index contributed by atoms with van der Waals surface area (Å²) in [5.74, 6) is -1.32. The van der Waals surface area contributed by atoms with Crippen molar-refractivity contribution in [3.05, 3.63) is 35.4 Å². The van der Waals surface area contributed by atoms with Crippen molar-refractivity contribution >= 4 is 17.9 Å². The van der Waals surface area contributed by atoms with Gasteiger partial charge in [0.1, 0.15) is 6.04 Å². The Balaban J connectivity index is 2.51. The molecule has 3 amide bonds. The highest BCUT2D eigenvalue weighted by molar-refractivity contribution is 5.88. The number of hydrogen-bond acceptors (Lipinski definition) is 3. The summed E-state index contributed by atoms with van der Waals surface area (Å²) in [6.07, 6.45) is 0. The molecule has 7 nitrogen and oxygen atoms in total. The van der Waals surface area contributed by atoms with Crippen molar-refractivity contribution in [2.24, 2.45) is 0 Å². The molecule has 1 aromatic carbocycles. The number of urea groups is 1. The lowest BCUT2D eigenvalue weighted by Gasteiger charge is -2.13. The molecule has 0 bridgehead atoms. The Kier molecular flexibility index (Phi) is 5.52. The number of benzene rings is 1. The van der Waals surface area contributed by atoms with Crippen molar-refractivity contribution in [1.29, 1.82) is 0 Å². The smallest absolute Gasteiger partial charge is 0.335 e. The summed E-state index contributed by atoms with van der Waals surface area (Å²) in [4.78, 5) is 33.6. The van der Waals surface area contributed by atoms with E-state index in [1.807, 2.05) is 0 Å². The molecule has 7 heteroatoms. The maximum absolute atomic E-state index is 11.5. The Bertz CT molecular complexity index is 516. The van der Waals surface area contributed by atoms with Crippen LogP contribution in [-0.2, 0) is 11.3 Å². The summed E-state index contributed by atoms with van der Waals surface area (Å²) in [6, 6.07) is 5.11. The van der Waals surface area contributed by atoms with E-state index in [4.69, 9.17) is 5.11 Å². The standard InChI is InChI=1S/C13H17N3O4/c1-8(11(17)14-2)16-13(20)15-7-9-4-3-5-10(6-9)12(18)19/h3-6,8H,7H2,1-2H3,(H,14,17)(H,18,19)(H2,15,16,20). The lowest BCUT2D eigenvalue weighted by molar-refractivity contribution is -0.122. The Morgan fingerprint density at radius 1 is 1.30 bits per heavy atom. The van der Waals surface area contributed by atoms with E-state index in [2.05, 4.69) is 16.0 Å². The minimum atomic E-state index is -1.02. The second kappa shape index (κ2) is 7.13. The Labute approximate surface area is 116 Å². The zero-order valence-electron chi connectivity index (χ0n) is 11.3. The van der Waals surface area contributed by atoms with Gasteiger partial charge in [0, 0.05) is 13.6 Å². The van der Waals surface area contributed by atoms with Gasteiger partial charge in [-0.25, -0.2) is 9.59 Å². The minimum Gasteiger partial charge on any atom is -0.478 e. The normalized spacial score (nSPS) is 11.3. The maximum atomic E-state index is 11.5. The molecular weight excluding hydrogens is 262 g/mol. The quantitative estimate of drug-likeness (QED) is 0.622. The molecule has 0 heterocycles. The number of nitrogens with one attached hydrogen (secondary N) is 3. The fourth-order valence-electron chi connectivity index (χ4n) is 1.53. The van der Waals surface area contributed by atoms with Crippen LogP contribution in [0.15, 0.2) is 24.3 Å². The van der Waals surface area contributed by atoms with Crippen molar-refractivity contribution < 1.29 is 19.5 Å². The number of carbonyl (C=O) groups excluding carboxylic acids is 2. The van der Waals surface area contributed by atoms with E-state index < -0.39 is 18.0 Å². The second-order valence-corrected chi connectivity index (χ2v) is 4.17. The molecule has 0 aliphatic carbocycles. The average Bonchev–Trinajstić information content (AvgIpc) is 2.44. The lowest BCUT2D eigenvalue weighted by atomic mass is 10.1. The summed E-state index contributed by atoms with van der Waals surface area (Å²) in [5, 5.41) is 16.3. The van der Waals surface area contributed by atoms with E-state index in [9.17, 15) is 14.4 Å². The first-order valence-electron chi connectivity index (χ1n) is 6.02. The van der Waals surface area contributed by atoms with Gasteiger partial charge in [-0.3, -0.25) is 4.79 Å². The van der Waals surface area contributed by atoms with Crippen LogP contribution in [0.2, 0.25) is 0 Å². The van der Waals surface area contributed by atoms with Crippen LogP contribution in [0.5, 0.6) is 0 Å². The second-order valence-electron chi connectivity index (χ2n) is 4.17. The molecule has 0 fully saturated rings. The number of aromatic carboxylic acids is 1. The molecule has 0 saturated carbocycles. The van der Waals surface area contributed by atoms with Gasteiger partial charge in [-0.2, -0.15) is 0 Å². The molecule has 108 valence electrons. The van der Waals surface area contributed by atoms with Crippen LogP contribution in [0.3, 0.4) is 0 Å². The van der Waals surface area contributed by atoms with E-state index in [1.165, 1.54) is 19.2 Å². The molecule has 0 radical (unpaired) electrons. The van der Waals surface area contributed by atoms with Crippen LogP contribution in [0.4, 0.5) is 4.79 Å². The van der Waals surface area contributed by atoms with Gasteiger partial charge in [0.15, 0.2) is 0 Å². The number of carboxylic acid groups (broad SMARTS) is 1. The highest BCUT2D eigenvalue weighted by Gasteiger charge is 2.13. The van der Waals surface area contributed by atoms with E-state index in [1.54, 1.807) is 19.1 Å². The summed E-state index contributed by atoms with van der Waals surface area (Å²) < 4.78 is 0. The Hall–Kier alpha value is -2.57. The third kappa shape index (κ3) is 4.60. The molecule has 1 unspecified atom stereocenters. The summed E-state index contributed by atoms with van der Waals surface area (Å²) >= 11 is 0. The molecule has 4 N–H and O–H groups in total. The molecule has 0 aliphatic rings. The molecule has 1 aromatic rings. The highest BCUT2D eigenvalue weighted by Crippen LogP contribution is 2.04. The first-order valence-corrected chi connectivity index (χ1v) is 6.02. The highest BCUT2D eigenvalue weighted by atomic mass is 16.4. The monoisotopic (exact) mass is 279 g/mol. The van der Waals surface area contributed by atoms with Gasteiger partial charge in [-0.15, -0.1) is 0 Å². The topological polar surface area (TPSA) is 108 Å². The van der Waals surface area contributed by atoms with Crippen molar-refractivity contribution in [2.45, 2.75) is 19.5 Å². The van der Waals surface area contributed by atoms with Gasteiger partial charge >= 0.3 is 12.0 Å². The van der Waals surface area contributed by atoms with E-state index >= 15 is 0 Å². The number of likely N-dealkylation sites (N-methyl/N-ethyl adjacent to an activating group) is 1. The van der Waals surface area contributed by atoms with E-state index in [0.29, 0.717) is 5.56 Å². The van der Waals surface area contributed by atoms with Crippen molar-refractivity contribution in [3.63, 3.8) is 0 Å². The van der Waals surface area contributed by atoms with Crippen LogP contribution in [0.1, 0.15) is 22.8 Å². The zero-order chi connectivity index (χ0) is 15.1. The SMILES string of the molecule is CNC(=O)C(C)NC(=O)NCc1cccc(C(=O)O)c1. The molecule has 1 rings (SSSR count). The fraction of sp³-hybridized carbons (Fsp3) is 0.308. The van der Waals surface area contributed by atoms with Gasteiger partial charge in [0.05, 0.1) is 5.56 Å². The van der Waals surface area contributed by atoms with Crippen LogP contribution in [0, 0.1) is 0 Å². The first-order chi connectivity index (χ1) is 9.43. The van der Waals surface area contributed by atoms with Gasteiger partial charge < -0.3 is 21.1 Å². The van der Waals surface area contributed by atoms with Gasteiger partial charge in [-0.1, -0.05) is 12.1 Å². The van der Waals surface area contributed by atoms with E-state index in [0.717, 1.165) is 0 Å². The van der Waals surface area contributed by atoms with Crippen molar-refractivity contribution in [2.75, 3.05) is 7.05 Å². The van der Waals surface area contributed by atoms with Crippen molar-refractivity contribution in [1.82, 2.24) is 16.0 Å². The van der Waals surface area contributed by atoms with Gasteiger partial charge in [0.2, 0.25) is 5.91 Å². The maximum Gasteiger partial charge on any atom is 0.335 e. The largest absolute Gasteiger partial charge is 0.478 e. The Morgan fingerprint density at radius 3 is 2.60 bits per heavy atom. The molecule has 0 saturated heterocycles. The fourth-order valence-corrected chi connectivity index (χ4v) is 1.53. The van der Waals surface area contributed by atoms with Crippen LogP contribution >= 0.6 is 0 Å². The predicted molar refractivity (Wildman–Crippen MR) is 72.3 cm³/mol. The lowest BCUT2D eigenvalue weighted by Crippen LogP contribution is -2.47. The molecular formula is C13H17N3O4. The number of hydrogen-bond donors (Lipinski definition) is 4. The predicted octanol–water partition coefficient (Wildman–Crippen LogP) is 0.319. The average molecular weight is 279 g/mol. The summed E-state index contributed by atoms with van der Waals surface area (Å²) in [7, 11) is 1.48. The molecule has 20 heavy (non-hydrogen) atoms. The minimum absolute atomic E-state index is 0.156. The van der Waals surface area contributed by atoms with Crippen LogP contribution in [0.25, 0.3) is 0 Å². The molecule has 0 aliphatic heterocycles. The van der Waals surface area contributed by atoms with Gasteiger partial charge in [0.25, 0.3) is 0 Å². The molecule has 1 atom stereocenters. The summed E-state index contributed by atoms with van der Waals surface area (Å²) in [6.45, 7) is 1.73. The number of carboxylic acids is 1. The van der Waals surface area contributed by atoms with Crippen LogP contribution in [-0.4, -0.2) is 36.1 Å². The molecule has 0 spiro atoms. The summed E-state index contributed by atoms with van der Waals surface area (Å²) in [5.41, 5.74) is 0.816. The van der Waals surface area contributed by atoms with Crippen molar-refractivity contribution in [3.8, 4) is 0 Å². The first kappa shape index (κ1) is 15.5. The molecule has 0 aromatic heterocycles. The Morgan fingerprint density at radius 2 is 2.00 bits per heavy atom. The van der Waals surface area contributed by atoms with Crippen LogP contribution < -0.4 is 16.0 Å².